The van der Waals surface area contributed by atoms with Crippen molar-refractivity contribution in [3.05, 3.63) is 21.9 Å². The Labute approximate surface area is 88.3 Å². The minimum atomic E-state index is -0.381. The van der Waals surface area contributed by atoms with E-state index < -0.39 is 0 Å². The first-order valence-electron chi connectivity index (χ1n) is 4.70. The van der Waals surface area contributed by atoms with Crippen LogP contribution in [0.25, 0.3) is 0 Å². The van der Waals surface area contributed by atoms with Gasteiger partial charge in [0.1, 0.15) is 0 Å². The summed E-state index contributed by atoms with van der Waals surface area (Å²) in [5, 5.41) is 6.94. The maximum atomic E-state index is 11.3. The van der Waals surface area contributed by atoms with E-state index in [1.807, 2.05) is 19.2 Å². The fourth-order valence-corrected chi connectivity index (χ4v) is 1.92. The Morgan fingerprint density at radius 1 is 1.64 bits per heavy atom. The van der Waals surface area contributed by atoms with Gasteiger partial charge in [0.15, 0.2) is 0 Å². The van der Waals surface area contributed by atoms with Crippen molar-refractivity contribution >= 4 is 17.2 Å². The highest BCUT2D eigenvalue weighted by molar-refractivity contribution is 7.08. The first kappa shape index (κ1) is 11.2. The highest BCUT2D eigenvalue weighted by Gasteiger charge is 2.10. The smallest absolute Gasteiger partial charge is 0.237 e. The largest absolute Gasteiger partial charge is 0.351 e. The lowest BCUT2D eigenvalue weighted by molar-refractivity contribution is -0.122. The fraction of sp³-hybridized carbons (Fsp3) is 0.500. The molecule has 1 rings (SSSR count). The number of nitrogens with one attached hydrogen (secondary N) is 1. The molecule has 0 fully saturated rings. The van der Waals surface area contributed by atoms with E-state index in [2.05, 4.69) is 10.7 Å². The second kappa shape index (κ2) is 5.12. The van der Waals surface area contributed by atoms with Crippen LogP contribution in [0.5, 0.6) is 0 Å². The summed E-state index contributed by atoms with van der Waals surface area (Å²) in [5.74, 6) is -0.0712. The molecule has 0 aliphatic carbocycles. The van der Waals surface area contributed by atoms with Crippen LogP contribution in [-0.4, -0.2) is 11.9 Å². The standard InChI is InChI=1S/C10H16N2OS/c1-3-9(11)10(13)12-4-8-6-14-5-7(8)2/h5-6,9H,3-4,11H2,1-2H3,(H,12,13)/t9-/m1/s1. The molecule has 0 aliphatic heterocycles. The molecule has 4 heteroatoms. The molecule has 0 bridgehead atoms. The van der Waals surface area contributed by atoms with Crippen molar-refractivity contribution in [2.24, 2.45) is 5.73 Å². The molecule has 0 unspecified atom stereocenters. The third-order valence-electron chi connectivity index (χ3n) is 2.19. The summed E-state index contributed by atoms with van der Waals surface area (Å²) in [5.41, 5.74) is 7.98. The Bertz CT molecular complexity index is 309. The van der Waals surface area contributed by atoms with Crippen LogP contribution in [0.3, 0.4) is 0 Å². The molecule has 1 aromatic heterocycles. The monoisotopic (exact) mass is 212 g/mol. The van der Waals surface area contributed by atoms with E-state index in [1.165, 1.54) is 11.1 Å². The van der Waals surface area contributed by atoms with Crippen molar-refractivity contribution in [3.63, 3.8) is 0 Å². The number of carbonyl (C=O) groups excluding carboxylic acids is 1. The van der Waals surface area contributed by atoms with Gasteiger partial charge in [-0.05, 0) is 35.2 Å². The van der Waals surface area contributed by atoms with Crippen LogP contribution in [0.4, 0.5) is 0 Å². The van der Waals surface area contributed by atoms with Crippen LogP contribution in [0.2, 0.25) is 0 Å². The van der Waals surface area contributed by atoms with E-state index in [9.17, 15) is 4.79 Å². The van der Waals surface area contributed by atoms with Gasteiger partial charge in [0.05, 0.1) is 6.04 Å². The number of aryl methyl sites for hydroxylation is 1. The molecule has 1 heterocycles. The normalized spacial score (nSPS) is 12.5. The van der Waals surface area contributed by atoms with Gasteiger partial charge in [0.2, 0.25) is 5.91 Å². The van der Waals surface area contributed by atoms with Gasteiger partial charge >= 0.3 is 0 Å². The third kappa shape index (κ3) is 2.82. The molecule has 0 aromatic carbocycles. The second-order valence-electron chi connectivity index (χ2n) is 3.31. The first-order chi connectivity index (χ1) is 6.65. The highest BCUT2D eigenvalue weighted by Crippen LogP contribution is 2.12. The average molecular weight is 212 g/mol. The summed E-state index contributed by atoms with van der Waals surface area (Å²) in [7, 11) is 0. The lowest BCUT2D eigenvalue weighted by Crippen LogP contribution is -2.39. The maximum absolute atomic E-state index is 11.3. The minimum absolute atomic E-state index is 0.0712. The van der Waals surface area contributed by atoms with E-state index in [4.69, 9.17) is 5.73 Å². The summed E-state index contributed by atoms with van der Waals surface area (Å²) < 4.78 is 0. The molecule has 0 spiro atoms. The van der Waals surface area contributed by atoms with E-state index >= 15 is 0 Å². The predicted octanol–water partition coefficient (Wildman–Crippen LogP) is 1.41. The molecule has 0 saturated carbocycles. The SMILES string of the molecule is CC[C@@H](N)C(=O)NCc1cscc1C. The number of hydrogen-bond acceptors (Lipinski definition) is 3. The van der Waals surface area contributed by atoms with E-state index in [0.29, 0.717) is 13.0 Å². The van der Waals surface area contributed by atoms with Gasteiger partial charge in [-0.25, -0.2) is 0 Å². The van der Waals surface area contributed by atoms with Crippen molar-refractivity contribution in [1.29, 1.82) is 0 Å². The number of amides is 1. The van der Waals surface area contributed by atoms with Gasteiger partial charge in [-0.3, -0.25) is 4.79 Å². The predicted molar refractivity (Wildman–Crippen MR) is 59.2 cm³/mol. The van der Waals surface area contributed by atoms with E-state index in [1.54, 1.807) is 11.3 Å². The molecule has 0 radical (unpaired) electrons. The summed E-state index contributed by atoms with van der Waals surface area (Å²) in [4.78, 5) is 11.3. The van der Waals surface area contributed by atoms with Gasteiger partial charge in [-0.2, -0.15) is 11.3 Å². The fourth-order valence-electron chi connectivity index (χ4n) is 1.07. The molecular formula is C10H16N2OS. The van der Waals surface area contributed by atoms with Gasteiger partial charge < -0.3 is 11.1 Å². The molecular weight excluding hydrogens is 196 g/mol. The van der Waals surface area contributed by atoms with Crippen LogP contribution >= 0.6 is 11.3 Å². The first-order valence-corrected chi connectivity index (χ1v) is 5.64. The van der Waals surface area contributed by atoms with Crippen molar-refractivity contribution in [3.8, 4) is 0 Å². The van der Waals surface area contributed by atoms with Crippen LogP contribution in [0.1, 0.15) is 24.5 Å². The van der Waals surface area contributed by atoms with Crippen molar-refractivity contribution in [1.82, 2.24) is 5.32 Å². The van der Waals surface area contributed by atoms with Crippen molar-refractivity contribution in [2.45, 2.75) is 32.9 Å². The third-order valence-corrected chi connectivity index (χ3v) is 3.10. The van der Waals surface area contributed by atoms with Gasteiger partial charge in [0.25, 0.3) is 0 Å². The molecule has 14 heavy (non-hydrogen) atoms. The van der Waals surface area contributed by atoms with Crippen LogP contribution < -0.4 is 11.1 Å². The summed E-state index contributed by atoms with van der Waals surface area (Å²) >= 11 is 1.65. The number of carbonyl (C=O) groups is 1. The molecule has 3 nitrogen and oxygen atoms in total. The summed E-state index contributed by atoms with van der Waals surface area (Å²) in [6, 6.07) is -0.381. The molecule has 78 valence electrons. The zero-order valence-corrected chi connectivity index (χ0v) is 9.36. The minimum Gasteiger partial charge on any atom is -0.351 e. The summed E-state index contributed by atoms with van der Waals surface area (Å²) in [6.45, 7) is 4.53. The topological polar surface area (TPSA) is 55.1 Å². The maximum Gasteiger partial charge on any atom is 0.237 e. The van der Waals surface area contributed by atoms with Crippen LogP contribution in [0, 0.1) is 6.92 Å². The van der Waals surface area contributed by atoms with E-state index in [0.717, 1.165) is 0 Å². The molecule has 0 saturated heterocycles. The Morgan fingerprint density at radius 2 is 2.36 bits per heavy atom. The highest BCUT2D eigenvalue weighted by atomic mass is 32.1. The van der Waals surface area contributed by atoms with Crippen molar-refractivity contribution in [2.75, 3.05) is 0 Å². The Morgan fingerprint density at radius 3 is 2.86 bits per heavy atom. The van der Waals surface area contributed by atoms with Crippen LogP contribution in [-0.2, 0) is 11.3 Å². The number of hydrogen-bond donors (Lipinski definition) is 2. The lowest BCUT2D eigenvalue weighted by Gasteiger charge is -2.09. The van der Waals surface area contributed by atoms with Gasteiger partial charge in [0, 0.05) is 6.54 Å². The lowest BCUT2D eigenvalue weighted by atomic mass is 10.2. The zero-order chi connectivity index (χ0) is 10.6. The second-order valence-corrected chi connectivity index (χ2v) is 4.06. The average Bonchev–Trinajstić information content (AvgIpc) is 2.59. The molecule has 1 atom stereocenters. The number of rotatable bonds is 4. The molecule has 0 aliphatic rings. The molecule has 3 N–H and O–H groups in total. The van der Waals surface area contributed by atoms with E-state index in [-0.39, 0.29) is 11.9 Å². The molecule has 1 amide bonds. The van der Waals surface area contributed by atoms with Crippen molar-refractivity contribution < 1.29 is 4.79 Å². The zero-order valence-electron chi connectivity index (χ0n) is 8.54. The quantitative estimate of drug-likeness (QED) is 0.793. The Kier molecular flexibility index (Phi) is 4.10. The Balaban J connectivity index is 2.41. The molecule has 1 aromatic rings. The number of thiophene rings is 1. The van der Waals surface area contributed by atoms with Crippen LogP contribution in [0.15, 0.2) is 10.8 Å². The van der Waals surface area contributed by atoms with Gasteiger partial charge in [-0.15, -0.1) is 0 Å². The number of nitrogens with two attached hydrogens (primary N) is 1. The summed E-state index contributed by atoms with van der Waals surface area (Å²) in [6.07, 6.45) is 0.675. The Hall–Kier alpha value is -0.870. The van der Waals surface area contributed by atoms with Gasteiger partial charge in [-0.1, -0.05) is 6.92 Å².